The highest BCUT2D eigenvalue weighted by Crippen LogP contribution is 2.29. The molecule has 2 aromatic rings. The quantitative estimate of drug-likeness (QED) is 0.806. The summed E-state index contributed by atoms with van der Waals surface area (Å²) in [5.74, 6) is -0.375. The highest BCUT2D eigenvalue weighted by molar-refractivity contribution is 7.98. The first-order valence-corrected chi connectivity index (χ1v) is 10.1. The van der Waals surface area contributed by atoms with Gasteiger partial charge in [0.1, 0.15) is 0 Å². The number of thiazole rings is 1. The molecule has 1 N–H and O–H groups in total. The second-order valence-corrected chi connectivity index (χ2v) is 8.13. The van der Waals surface area contributed by atoms with Crippen LogP contribution in [-0.4, -0.2) is 40.0 Å². The third-order valence-corrected chi connectivity index (χ3v) is 6.22. The van der Waals surface area contributed by atoms with Crippen molar-refractivity contribution >= 4 is 35.0 Å². The number of benzene rings is 1. The number of amides is 1. The lowest BCUT2D eigenvalue weighted by Crippen LogP contribution is -2.40. The molecule has 7 heteroatoms. The van der Waals surface area contributed by atoms with Crippen molar-refractivity contribution in [3.63, 3.8) is 0 Å². The van der Waals surface area contributed by atoms with Crippen LogP contribution in [0.2, 0.25) is 0 Å². The molecule has 0 bridgehead atoms. The fourth-order valence-corrected chi connectivity index (χ4v) is 4.55. The molecule has 1 aliphatic rings. The van der Waals surface area contributed by atoms with Crippen LogP contribution in [-0.2, 0) is 10.5 Å². The number of thioether (sulfide) groups is 1. The minimum atomic E-state index is -0.762. The molecule has 0 radical (unpaired) electrons. The first kappa shape index (κ1) is 17.9. The lowest BCUT2D eigenvalue weighted by atomic mass is 9.96. The van der Waals surface area contributed by atoms with Crippen molar-refractivity contribution in [2.24, 2.45) is 5.92 Å². The maximum atomic E-state index is 12.9. The predicted molar refractivity (Wildman–Crippen MR) is 99.1 cm³/mol. The van der Waals surface area contributed by atoms with E-state index < -0.39 is 5.97 Å². The van der Waals surface area contributed by atoms with Crippen LogP contribution in [0.5, 0.6) is 0 Å². The number of carboxylic acid groups (broad SMARTS) is 1. The minimum Gasteiger partial charge on any atom is -0.481 e. The van der Waals surface area contributed by atoms with Crippen molar-refractivity contribution in [3.05, 3.63) is 45.9 Å². The Morgan fingerprint density at radius 3 is 2.68 bits per heavy atom. The predicted octanol–water partition coefficient (Wildman–Crippen LogP) is 3.68. The number of aryl methyl sites for hydroxylation is 1. The topological polar surface area (TPSA) is 70.5 Å². The fraction of sp³-hybridized carbons (Fsp3) is 0.389. The van der Waals surface area contributed by atoms with Gasteiger partial charge in [0.2, 0.25) is 0 Å². The molecule has 3 rings (SSSR count). The van der Waals surface area contributed by atoms with Gasteiger partial charge in [0.25, 0.3) is 5.91 Å². The Morgan fingerprint density at radius 1 is 1.32 bits per heavy atom. The molecule has 0 spiro atoms. The van der Waals surface area contributed by atoms with E-state index in [2.05, 4.69) is 4.98 Å². The highest BCUT2D eigenvalue weighted by atomic mass is 32.2. The molecular weight excluding hydrogens is 356 g/mol. The van der Waals surface area contributed by atoms with Gasteiger partial charge in [-0.15, -0.1) is 23.1 Å². The first-order chi connectivity index (χ1) is 12.0. The van der Waals surface area contributed by atoms with Gasteiger partial charge < -0.3 is 10.0 Å². The highest BCUT2D eigenvalue weighted by Gasteiger charge is 2.28. The average molecular weight is 377 g/mol. The number of aliphatic carboxylic acids is 1. The van der Waals surface area contributed by atoms with Gasteiger partial charge in [0.15, 0.2) is 0 Å². The zero-order valence-electron chi connectivity index (χ0n) is 14.0. The van der Waals surface area contributed by atoms with Crippen molar-refractivity contribution in [2.45, 2.75) is 30.4 Å². The minimum absolute atomic E-state index is 0.0126. The van der Waals surface area contributed by atoms with Crippen molar-refractivity contribution in [2.75, 3.05) is 13.1 Å². The molecule has 5 nitrogen and oxygen atoms in total. The zero-order chi connectivity index (χ0) is 17.8. The molecule has 0 saturated carbocycles. The summed E-state index contributed by atoms with van der Waals surface area (Å²) in [7, 11) is 0. The summed E-state index contributed by atoms with van der Waals surface area (Å²) in [6.45, 7) is 2.98. The number of hydrogen-bond acceptors (Lipinski definition) is 5. The molecular formula is C18H20N2O3S2. The van der Waals surface area contributed by atoms with Crippen LogP contribution in [0, 0.1) is 12.8 Å². The van der Waals surface area contributed by atoms with Gasteiger partial charge in [-0.25, -0.2) is 4.98 Å². The lowest BCUT2D eigenvalue weighted by Gasteiger charge is -2.30. The molecule has 2 heterocycles. The van der Waals surface area contributed by atoms with Gasteiger partial charge in [-0.05, 0) is 31.9 Å². The summed E-state index contributed by atoms with van der Waals surface area (Å²) in [4.78, 5) is 31.1. The Balaban J connectivity index is 1.67. The van der Waals surface area contributed by atoms with Gasteiger partial charge in [-0.2, -0.15) is 0 Å². The molecule has 1 amide bonds. The Bertz CT molecular complexity index is 767. The van der Waals surface area contributed by atoms with Gasteiger partial charge in [0.05, 0.1) is 22.2 Å². The van der Waals surface area contributed by atoms with E-state index in [1.54, 1.807) is 28.0 Å². The summed E-state index contributed by atoms with van der Waals surface area (Å²) < 4.78 is 0. The van der Waals surface area contributed by atoms with Crippen LogP contribution in [0.15, 0.2) is 34.5 Å². The largest absolute Gasteiger partial charge is 0.481 e. The van der Waals surface area contributed by atoms with E-state index in [0.717, 1.165) is 21.3 Å². The van der Waals surface area contributed by atoms with E-state index in [1.165, 1.54) is 0 Å². The number of hydrogen-bond donors (Lipinski definition) is 1. The number of nitrogens with zero attached hydrogens (tertiary/aromatic N) is 2. The Labute approximate surface area is 155 Å². The van der Waals surface area contributed by atoms with Gasteiger partial charge in [0, 0.05) is 29.1 Å². The molecule has 0 aliphatic carbocycles. The number of carboxylic acids is 1. The van der Waals surface area contributed by atoms with Crippen LogP contribution < -0.4 is 0 Å². The van der Waals surface area contributed by atoms with Crippen molar-refractivity contribution in [1.29, 1.82) is 0 Å². The molecule has 1 aliphatic heterocycles. The number of carbonyl (C=O) groups excluding carboxylic acids is 1. The van der Waals surface area contributed by atoms with Crippen molar-refractivity contribution in [1.82, 2.24) is 9.88 Å². The summed E-state index contributed by atoms with van der Waals surface area (Å²) in [6, 6.07) is 7.61. The molecule has 1 aromatic heterocycles. The summed E-state index contributed by atoms with van der Waals surface area (Å²) in [6.07, 6.45) is 1.04. The molecule has 0 unspecified atom stereocenters. The second kappa shape index (κ2) is 8.01. The molecule has 1 saturated heterocycles. The fourth-order valence-electron chi connectivity index (χ4n) is 2.90. The van der Waals surface area contributed by atoms with Crippen molar-refractivity contribution < 1.29 is 14.7 Å². The Morgan fingerprint density at radius 2 is 2.04 bits per heavy atom. The number of aromatic nitrogens is 1. The number of likely N-dealkylation sites (tertiary alicyclic amines) is 1. The normalized spacial score (nSPS) is 15.3. The maximum absolute atomic E-state index is 12.9. The third kappa shape index (κ3) is 4.41. The average Bonchev–Trinajstić information content (AvgIpc) is 3.05. The van der Waals surface area contributed by atoms with Crippen molar-refractivity contribution in [3.8, 4) is 0 Å². The smallest absolute Gasteiger partial charge is 0.306 e. The zero-order valence-corrected chi connectivity index (χ0v) is 15.6. The molecule has 1 fully saturated rings. The summed E-state index contributed by atoms with van der Waals surface area (Å²) >= 11 is 3.24. The number of rotatable bonds is 5. The molecule has 132 valence electrons. The van der Waals surface area contributed by atoms with Crippen LogP contribution in [0.25, 0.3) is 0 Å². The number of carbonyl (C=O) groups is 2. The maximum Gasteiger partial charge on any atom is 0.306 e. The van der Waals surface area contributed by atoms with E-state index in [4.69, 9.17) is 5.11 Å². The standard InChI is InChI=1S/C18H20N2O3S2/c1-12-19-14(10-24-12)11-25-16-5-3-2-4-15(16)17(21)20-8-6-13(7-9-20)18(22)23/h2-5,10,13H,6-9,11H2,1H3,(H,22,23). The van der Waals surface area contributed by atoms with E-state index in [9.17, 15) is 9.59 Å². The lowest BCUT2D eigenvalue weighted by molar-refractivity contribution is -0.143. The van der Waals surface area contributed by atoms with Gasteiger partial charge >= 0.3 is 5.97 Å². The van der Waals surface area contributed by atoms with E-state index in [0.29, 0.717) is 31.5 Å². The molecule has 25 heavy (non-hydrogen) atoms. The third-order valence-electron chi connectivity index (χ3n) is 4.29. The van der Waals surface area contributed by atoms with Crippen LogP contribution >= 0.6 is 23.1 Å². The summed E-state index contributed by atoms with van der Waals surface area (Å²) in [5.41, 5.74) is 1.71. The van der Waals surface area contributed by atoms with Crippen LogP contribution in [0.1, 0.15) is 33.9 Å². The summed E-state index contributed by atoms with van der Waals surface area (Å²) in [5, 5.41) is 12.2. The Kier molecular flexibility index (Phi) is 5.75. The van der Waals surface area contributed by atoms with Gasteiger partial charge in [-0.1, -0.05) is 12.1 Å². The second-order valence-electron chi connectivity index (χ2n) is 6.05. The monoisotopic (exact) mass is 376 g/mol. The molecule has 0 atom stereocenters. The SMILES string of the molecule is Cc1nc(CSc2ccccc2C(=O)N2CCC(C(=O)O)CC2)cs1. The van der Waals surface area contributed by atoms with E-state index in [-0.39, 0.29) is 11.8 Å². The number of piperidine rings is 1. The molecule has 1 aromatic carbocycles. The first-order valence-electron chi connectivity index (χ1n) is 8.19. The van der Waals surface area contributed by atoms with Crippen LogP contribution in [0.3, 0.4) is 0 Å². The van der Waals surface area contributed by atoms with Gasteiger partial charge in [-0.3, -0.25) is 9.59 Å². The Hall–Kier alpha value is -1.86. The van der Waals surface area contributed by atoms with Crippen LogP contribution in [0.4, 0.5) is 0 Å². The van der Waals surface area contributed by atoms with E-state index >= 15 is 0 Å². The van der Waals surface area contributed by atoms with E-state index in [1.807, 2.05) is 36.6 Å².